The molecule has 1 aliphatic heterocycles. The second-order valence-electron chi connectivity index (χ2n) is 6.46. The molecular formula is C20H19FN4O2. The van der Waals surface area contributed by atoms with E-state index in [9.17, 15) is 9.18 Å². The van der Waals surface area contributed by atoms with Gasteiger partial charge in [0.15, 0.2) is 0 Å². The first-order valence-electron chi connectivity index (χ1n) is 8.72. The minimum atomic E-state index is -0.306. The van der Waals surface area contributed by atoms with Gasteiger partial charge in [-0.3, -0.25) is 14.7 Å². The molecule has 0 spiro atoms. The van der Waals surface area contributed by atoms with Gasteiger partial charge in [0.25, 0.3) is 5.56 Å². The number of halogens is 1. The fourth-order valence-corrected chi connectivity index (χ4v) is 3.36. The van der Waals surface area contributed by atoms with E-state index >= 15 is 0 Å². The minimum Gasteiger partial charge on any atom is -0.496 e. The summed E-state index contributed by atoms with van der Waals surface area (Å²) in [6, 6.07) is 8.45. The van der Waals surface area contributed by atoms with Crippen molar-refractivity contribution in [3.8, 4) is 17.1 Å². The Morgan fingerprint density at radius 3 is 2.96 bits per heavy atom. The molecule has 3 heterocycles. The van der Waals surface area contributed by atoms with E-state index in [0.29, 0.717) is 48.8 Å². The molecule has 6 nitrogen and oxygen atoms in total. The van der Waals surface area contributed by atoms with Crippen LogP contribution in [0.4, 0.5) is 4.39 Å². The minimum absolute atomic E-state index is 0.163. The monoisotopic (exact) mass is 366 g/mol. The van der Waals surface area contributed by atoms with E-state index < -0.39 is 0 Å². The number of benzene rings is 1. The van der Waals surface area contributed by atoms with E-state index in [1.54, 1.807) is 30.6 Å². The summed E-state index contributed by atoms with van der Waals surface area (Å²) in [5.74, 6) is 0.731. The number of rotatable bonds is 4. The van der Waals surface area contributed by atoms with Crippen molar-refractivity contribution in [2.24, 2.45) is 0 Å². The van der Waals surface area contributed by atoms with Crippen LogP contribution in [0.2, 0.25) is 0 Å². The highest BCUT2D eigenvalue weighted by Crippen LogP contribution is 2.25. The number of nitrogens with zero attached hydrogens (tertiary/aromatic N) is 3. The lowest BCUT2D eigenvalue weighted by Gasteiger charge is -2.28. The maximum Gasteiger partial charge on any atom is 0.255 e. The SMILES string of the molecule is COc1cccc(F)c1CN1CCc2nc(-c3cccnc3)[nH]c(=O)c2C1. The van der Waals surface area contributed by atoms with Gasteiger partial charge in [0.1, 0.15) is 17.4 Å². The lowest BCUT2D eigenvalue weighted by atomic mass is 10.0. The van der Waals surface area contributed by atoms with Gasteiger partial charge in [0.2, 0.25) is 0 Å². The van der Waals surface area contributed by atoms with Gasteiger partial charge in [-0.05, 0) is 24.3 Å². The van der Waals surface area contributed by atoms with E-state index in [4.69, 9.17) is 4.74 Å². The van der Waals surface area contributed by atoms with E-state index in [0.717, 1.165) is 11.3 Å². The van der Waals surface area contributed by atoms with Crippen molar-refractivity contribution in [1.29, 1.82) is 0 Å². The summed E-state index contributed by atoms with van der Waals surface area (Å²) in [6.45, 7) is 1.48. The third kappa shape index (κ3) is 3.46. The average molecular weight is 366 g/mol. The van der Waals surface area contributed by atoms with Crippen molar-refractivity contribution in [1.82, 2.24) is 19.9 Å². The normalized spacial score (nSPS) is 14.0. The molecule has 0 saturated heterocycles. The molecule has 1 aromatic carbocycles. The van der Waals surface area contributed by atoms with Crippen LogP contribution in [0.5, 0.6) is 5.75 Å². The van der Waals surface area contributed by atoms with E-state index in [2.05, 4.69) is 15.0 Å². The molecule has 0 unspecified atom stereocenters. The Kier molecular flexibility index (Phi) is 4.68. The van der Waals surface area contributed by atoms with E-state index in [-0.39, 0.29) is 11.4 Å². The Morgan fingerprint density at radius 2 is 2.19 bits per heavy atom. The molecule has 0 bridgehead atoms. The van der Waals surface area contributed by atoms with Crippen molar-refractivity contribution < 1.29 is 9.13 Å². The molecule has 0 atom stereocenters. The Labute approximate surface area is 155 Å². The van der Waals surface area contributed by atoms with Gasteiger partial charge in [-0.2, -0.15) is 0 Å². The van der Waals surface area contributed by atoms with Crippen LogP contribution in [0.1, 0.15) is 16.8 Å². The number of aromatic nitrogens is 3. The summed E-state index contributed by atoms with van der Waals surface area (Å²) in [4.78, 5) is 26.2. The fourth-order valence-electron chi connectivity index (χ4n) is 3.36. The zero-order chi connectivity index (χ0) is 18.8. The Bertz CT molecular complexity index is 1020. The molecule has 3 aromatic rings. The topological polar surface area (TPSA) is 71.1 Å². The molecule has 2 aromatic heterocycles. The largest absolute Gasteiger partial charge is 0.496 e. The molecule has 138 valence electrons. The van der Waals surface area contributed by atoms with Crippen LogP contribution >= 0.6 is 0 Å². The van der Waals surface area contributed by atoms with Gasteiger partial charge in [0.05, 0.1) is 18.4 Å². The molecule has 0 fully saturated rings. The smallest absolute Gasteiger partial charge is 0.255 e. The molecule has 27 heavy (non-hydrogen) atoms. The number of aromatic amines is 1. The molecule has 0 aliphatic carbocycles. The summed E-state index contributed by atoms with van der Waals surface area (Å²) in [6.07, 6.45) is 3.97. The van der Waals surface area contributed by atoms with Crippen molar-refractivity contribution in [2.75, 3.05) is 13.7 Å². The first-order valence-corrected chi connectivity index (χ1v) is 8.72. The summed E-state index contributed by atoms with van der Waals surface area (Å²) in [7, 11) is 1.53. The quantitative estimate of drug-likeness (QED) is 0.768. The summed E-state index contributed by atoms with van der Waals surface area (Å²) < 4.78 is 19.5. The van der Waals surface area contributed by atoms with Crippen LogP contribution in [-0.2, 0) is 19.5 Å². The van der Waals surface area contributed by atoms with Crippen molar-refractivity contribution >= 4 is 0 Å². The lowest BCUT2D eigenvalue weighted by Crippen LogP contribution is -2.35. The van der Waals surface area contributed by atoms with Gasteiger partial charge in [-0.15, -0.1) is 0 Å². The highest BCUT2D eigenvalue weighted by atomic mass is 19.1. The lowest BCUT2D eigenvalue weighted by molar-refractivity contribution is 0.234. The van der Waals surface area contributed by atoms with Crippen LogP contribution in [-0.4, -0.2) is 33.5 Å². The third-order valence-corrected chi connectivity index (χ3v) is 4.76. The molecule has 0 radical (unpaired) electrons. The van der Waals surface area contributed by atoms with Gasteiger partial charge < -0.3 is 9.72 Å². The van der Waals surface area contributed by atoms with E-state index in [1.165, 1.54) is 13.2 Å². The molecule has 4 rings (SSSR count). The third-order valence-electron chi connectivity index (χ3n) is 4.76. The Hall–Kier alpha value is -3.06. The maximum absolute atomic E-state index is 14.2. The maximum atomic E-state index is 14.2. The molecule has 1 aliphatic rings. The van der Waals surface area contributed by atoms with Crippen LogP contribution < -0.4 is 10.3 Å². The number of hydrogen-bond donors (Lipinski definition) is 1. The van der Waals surface area contributed by atoms with Crippen molar-refractivity contribution in [2.45, 2.75) is 19.5 Å². The predicted octanol–water partition coefficient (Wildman–Crippen LogP) is 2.54. The number of fused-ring (bicyclic) bond motifs is 1. The Morgan fingerprint density at radius 1 is 1.30 bits per heavy atom. The average Bonchev–Trinajstić information content (AvgIpc) is 2.70. The van der Waals surface area contributed by atoms with Crippen LogP contribution in [0.15, 0.2) is 47.5 Å². The molecule has 7 heteroatoms. The highest BCUT2D eigenvalue weighted by molar-refractivity contribution is 5.53. The van der Waals surface area contributed by atoms with Gasteiger partial charge >= 0.3 is 0 Å². The number of hydrogen-bond acceptors (Lipinski definition) is 5. The van der Waals surface area contributed by atoms with Crippen LogP contribution in [0.3, 0.4) is 0 Å². The van der Waals surface area contributed by atoms with Crippen molar-refractivity contribution in [3.63, 3.8) is 0 Å². The Balaban J connectivity index is 1.60. The fraction of sp³-hybridized carbons (Fsp3) is 0.250. The van der Waals surface area contributed by atoms with E-state index in [1.807, 2.05) is 11.0 Å². The number of H-pyrrole nitrogens is 1. The van der Waals surface area contributed by atoms with Crippen LogP contribution in [0.25, 0.3) is 11.4 Å². The second kappa shape index (κ2) is 7.28. The zero-order valence-corrected chi connectivity index (χ0v) is 14.9. The molecular weight excluding hydrogens is 347 g/mol. The second-order valence-corrected chi connectivity index (χ2v) is 6.46. The van der Waals surface area contributed by atoms with Crippen molar-refractivity contribution in [3.05, 3.63) is 75.7 Å². The number of pyridine rings is 1. The summed E-state index contributed by atoms with van der Waals surface area (Å²) in [5, 5.41) is 0. The number of nitrogens with one attached hydrogen (secondary N) is 1. The summed E-state index contributed by atoms with van der Waals surface area (Å²) in [5.41, 5.74) is 2.53. The predicted molar refractivity (Wildman–Crippen MR) is 98.9 cm³/mol. The molecule has 1 N–H and O–H groups in total. The molecule has 0 amide bonds. The first-order chi connectivity index (χ1) is 13.2. The first kappa shape index (κ1) is 17.4. The van der Waals surface area contributed by atoms with Crippen LogP contribution in [0, 0.1) is 5.82 Å². The number of ether oxygens (including phenoxy) is 1. The van der Waals surface area contributed by atoms with Gasteiger partial charge in [0, 0.05) is 49.6 Å². The number of methoxy groups -OCH3 is 1. The zero-order valence-electron chi connectivity index (χ0n) is 14.9. The highest BCUT2D eigenvalue weighted by Gasteiger charge is 2.23. The molecule has 0 saturated carbocycles. The van der Waals surface area contributed by atoms with Gasteiger partial charge in [-0.1, -0.05) is 6.07 Å². The standard InChI is InChI=1S/C20H19FN4O2/c1-27-18-6-2-5-16(21)14(18)11-25-9-7-17-15(12-25)20(26)24-19(23-17)13-4-3-8-22-10-13/h2-6,8,10H,7,9,11-12H2,1H3,(H,23,24,26). The summed E-state index contributed by atoms with van der Waals surface area (Å²) >= 11 is 0. The van der Waals surface area contributed by atoms with Gasteiger partial charge in [-0.25, -0.2) is 9.37 Å².